The summed E-state index contributed by atoms with van der Waals surface area (Å²) >= 11 is 0. The summed E-state index contributed by atoms with van der Waals surface area (Å²) in [6.45, 7) is 0. The predicted octanol–water partition coefficient (Wildman–Crippen LogP) is 10.5. The second kappa shape index (κ2) is 8.82. The summed E-state index contributed by atoms with van der Waals surface area (Å²) in [5, 5.41) is 5.17. The summed E-state index contributed by atoms with van der Waals surface area (Å²) in [4.78, 5) is 0. The van der Waals surface area contributed by atoms with Crippen LogP contribution in [0.1, 0.15) is 22.6 Å². The molecule has 39 heavy (non-hydrogen) atoms. The monoisotopic (exact) mass is 494 g/mol. The van der Waals surface area contributed by atoms with Crippen molar-refractivity contribution in [2.45, 2.75) is 5.92 Å². The molecule has 0 heteroatoms. The molecule has 7 aromatic carbocycles. The molecule has 0 unspecified atom stereocenters. The summed E-state index contributed by atoms with van der Waals surface area (Å²) in [5.74, 6) is 0.264. The number of rotatable bonds is 3. The largest absolute Gasteiger partial charge is 0.0622 e. The molecule has 0 bridgehead atoms. The van der Waals surface area contributed by atoms with Gasteiger partial charge in [0.05, 0.1) is 0 Å². The van der Waals surface area contributed by atoms with Crippen LogP contribution in [0, 0.1) is 0 Å². The van der Waals surface area contributed by atoms with Gasteiger partial charge in [0.2, 0.25) is 0 Å². The first-order valence-corrected chi connectivity index (χ1v) is 13.7. The van der Waals surface area contributed by atoms with Gasteiger partial charge in [0.15, 0.2) is 0 Å². The third-order valence-electron chi connectivity index (χ3n) is 8.36. The Morgan fingerprint density at radius 1 is 0.308 bits per heavy atom. The van der Waals surface area contributed by atoms with Crippen molar-refractivity contribution in [3.05, 3.63) is 168 Å². The van der Waals surface area contributed by atoms with E-state index in [0.29, 0.717) is 0 Å². The summed E-state index contributed by atoms with van der Waals surface area (Å²) in [7, 11) is 0. The fraction of sp³-hybridized carbons (Fsp3) is 0.0256. The molecule has 0 saturated heterocycles. The molecule has 8 rings (SSSR count). The van der Waals surface area contributed by atoms with Gasteiger partial charge in [-0.05, 0) is 71.6 Å². The molecule has 0 amide bonds. The first-order chi connectivity index (χ1) is 19.4. The molecule has 1 aliphatic carbocycles. The Balaban J connectivity index is 1.33. The van der Waals surface area contributed by atoms with Crippen LogP contribution in [0.3, 0.4) is 0 Å². The lowest BCUT2D eigenvalue weighted by Gasteiger charge is -2.19. The van der Waals surface area contributed by atoms with Gasteiger partial charge in [-0.1, -0.05) is 152 Å². The van der Waals surface area contributed by atoms with Crippen molar-refractivity contribution in [1.82, 2.24) is 0 Å². The minimum Gasteiger partial charge on any atom is -0.0622 e. The van der Waals surface area contributed by atoms with Gasteiger partial charge in [0.1, 0.15) is 0 Å². The van der Waals surface area contributed by atoms with Gasteiger partial charge in [0.25, 0.3) is 0 Å². The first-order valence-electron chi connectivity index (χ1n) is 13.7. The molecule has 0 heterocycles. The van der Waals surface area contributed by atoms with E-state index in [4.69, 9.17) is 0 Å². The van der Waals surface area contributed by atoms with Crippen LogP contribution in [0.5, 0.6) is 0 Å². The van der Waals surface area contributed by atoms with Crippen LogP contribution in [0.2, 0.25) is 0 Å². The van der Waals surface area contributed by atoms with Crippen molar-refractivity contribution < 1.29 is 0 Å². The molecule has 7 aromatic rings. The zero-order chi connectivity index (χ0) is 25.8. The highest BCUT2D eigenvalue weighted by molar-refractivity contribution is 6.21. The molecular formula is C39H26. The zero-order valence-corrected chi connectivity index (χ0v) is 21.5. The number of benzene rings is 7. The molecule has 0 atom stereocenters. The molecule has 0 spiro atoms. The van der Waals surface area contributed by atoms with Crippen LogP contribution >= 0.6 is 0 Å². The highest BCUT2D eigenvalue weighted by Crippen LogP contribution is 2.48. The number of fused-ring (bicyclic) bond motifs is 5. The lowest BCUT2D eigenvalue weighted by atomic mass is 9.84. The van der Waals surface area contributed by atoms with E-state index in [2.05, 4.69) is 152 Å². The maximum absolute atomic E-state index is 2.34. The van der Waals surface area contributed by atoms with Crippen molar-refractivity contribution in [3.8, 4) is 33.4 Å². The van der Waals surface area contributed by atoms with Crippen LogP contribution in [0.25, 0.3) is 54.9 Å². The Morgan fingerprint density at radius 3 is 1.18 bits per heavy atom. The predicted molar refractivity (Wildman–Crippen MR) is 165 cm³/mol. The van der Waals surface area contributed by atoms with Crippen molar-refractivity contribution in [3.63, 3.8) is 0 Å². The lowest BCUT2D eigenvalue weighted by Crippen LogP contribution is -1.99. The molecule has 0 aromatic heterocycles. The summed E-state index contributed by atoms with van der Waals surface area (Å²) in [6, 6.07) is 55.6. The molecule has 0 saturated carbocycles. The van der Waals surface area contributed by atoms with Gasteiger partial charge in [-0.15, -0.1) is 0 Å². The molecule has 0 radical (unpaired) electrons. The van der Waals surface area contributed by atoms with Crippen molar-refractivity contribution in [1.29, 1.82) is 0 Å². The van der Waals surface area contributed by atoms with E-state index in [-0.39, 0.29) is 5.92 Å². The van der Waals surface area contributed by atoms with Gasteiger partial charge in [0, 0.05) is 5.92 Å². The molecule has 1 aliphatic rings. The maximum Gasteiger partial charge on any atom is 0.0352 e. The minimum absolute atomic E-state index is 0.264. The fourth-order valence-electron chi connectivity index (χ4n) is 6.71. The van der Waals surface area contributed by atoms with Crippen LogP contribution < -0.4 is 0 Å². The third kappa shape index (κ3) is 3.39. The normalized spacial score (nSPS) is 12.5. The molecule has 0 fully saturated rings. The quantitative estimate of drug-likeness (QED) is 0.214. The van der Waals surface area contributed by atoms with E-state index in [9.17, 15) is 0 Å². The van der Waals surface area contributed by atoms with Gasteiger partial charge < -0.3 is 0 Å². The van der Waals surface area contributed by atoms with Crippen LogP contribution in [0.15, 0.2) is 152 Å². The molecule has 0 N–H and O–H groups in total. The molecule has 0 aliphatic heterocycles. The smallest absolute Gasteiger partial charge is 0.0352 e. The van der Waals surface area contributed by atoms with E-state index in [1.54, 1.807) is 0 Å². The number of hydrogen-bond donors (Lipinski definition) is 0. The van der Waals surface area contributed by atoms with Gasteiger partial charge in [-0.2, -0.15) is 0 Å². The van der Waals surface area contributed by atoms with Crippen LogP contribution in [-0.4, -0.2) is 0 Å². The van der Waals surface area contributed by atoms with Crippen LogP contribution in [-0.2, 0) is 0 Å². The number of hydrogen-bond acceptors (Lipinski definition) is 0. The average molecular weight is 495 g/mol. The second-order valence-electron chi connectivity index (χ2n) is 10.4. The Kier molecular flexibility index (Phi) is 5.00. The topological polar surface area (TPSA) is 0 Å². The summed E-state index contributed by atoms with van der Waals surface area (Å²) in [5.41, 5.74) is 12.0. The van der Waals surface area contributed by atoms with E-state index in [0.717, 1.165) is 0 Å². The van der Waals surface area contributed by atoms with E-state index >= 15 is 0 Å². The summed E-state index contributed by atoms with van der Waals surface area (Å²) < 4.78 is 0. The van der Waals surface area contributed by atoms with Crippen molar-refractivity contribution >= 4 is 21.5 Å². The first kappa shape index (κ1) is 22.1. The van der Waals surface area contributed by atoms with Gasteiger partial charge in [-0.25, -0.2) is 0 Å². The SMILES string of the molecule is c1ccc(-c2c3ccccc3c(-c3ccc(C4c5ccccc5-c5ccccc54)cc3)c3ccccc23)cc1. The Morgan fingerprint density at radius 2 is 0.692 bits per heavy atom. The van der Waals surface area contributed by atoms with Gasteiger partial charge in [-0.3, -0.25) is 0 Å². The van der Waals surface area contributed by atoms with Crippen molar-refractivity contribution in [2.75, 3.05) is 0 Å². The minimum atomic E-state index is 0.264. The van der Waals surface area contributed by atoms with Crippen LogP contribution in [0.4, 0.5) is 0 Å². The summed E-state index contributed by atoms with van der Waals surface area (Å²) in [6.07, 6.45) is 0. The second-order valence-corrected chi connectivity index (χ2v) is 10.4. The maximum atomic E-state index is 2.34. The average Bonchev–Trinajstić information content (AvgIpc) is 3.35. The highest BCUT2D eigenvalue weighted by Gasteiger charge is 2.29. The van der Waals surface area contributed by atoms with E-state index < -0.39 is 0 Å². The third-order valence-corrected chi connectivity index (χ3v) is 8.36. The van der Waals surface area contributed by atoms with Gasteiger partial charge >= 0.3 is 0 Å². The Hall–Kier alpha value is -4.94. The van der Waals surface area contributed by atoms with E-state index in [1.807, 2.05) is 0 Å². The van der Waals surface area contributed by atoms with Crippen molar-refractivity contribution in [2.24, 2.45) is 0 Å². The fourth-order valence-corrected chi connectivity index (χ4v) is 6.71. The van der Waals surface area contributed by atoms with E-state index in [1.165, 1.54) is 71.6 Å². The lowest BCUT2D eigenvalue weighted by molar-refractivity contribution is 1.02. The Labute approximate surface area is 228 Å². The zero-order valence-electron chi connectivity index (χ0n) is 21.5. The highest BCUT2D eigenvalue weighted by atomic mass is 14.3. The molecule has 0 nitrogen and oxygen atoms in total. The Bertz CT molecular complexity index is 1890. The molecule has 182 valence electrons. The standard InChI is InChI=1S/C39H26/c1-2-12-26(13-3-1)37-33-18-8-10-20-35(33)39(36-21-11-9-19-34(36)37)28-24-22-27(23-25-28)38-31-16-6-4-14-29(31)30-15-5-7-17-32(30)38/h1-25,38H. The molecular weight excluding hydrogens is 468 g/mol.